The lowest BCUT2D eigenvalue weighted by molar-refractivity contribution is -0.173. The minimum atomic E-state index is -0.321. The number of rotatable bonds is 1. The number of hydrogen-bond donors (Lipinski definition) is 0. The molecular formula is C21H24O4S. The summed E-state index contributed by atoms with van der Waals surface area (Å²) >= 11 is 1.82. The molecule has 0 aromatic rings. The minimum absolute atomic E-state index is 0.114. The van der Waals surface area contributed by atoms with Gasteiger partial charge in [-0.3, -0.25) is 9.59 Å². The standard InChI is InChI=1S/C21H24O4S/c1-26-21-17-7-3-5-8-10(7)13-15(17)14-12(16(13)19(22)24-8)6-2-4-9(25-20(21)23)11(6)18(14)21/h6-18H,2-5H2,1H3. The Balaban J connectivity index is 1.43. The highest BCUT2D eigenvalue weighted by atomic mass is 32.2. The maximum atomic E-state index is 13.5. The summed E-state index contributed by atoms with van der Waals surface area (Å²) < 4.78 is 11.9. The molecule has 2 heterocycles. The van der Waals surface area contributed by atoms with E-state index in [1.165, 1.54) is 0 Å². The second-order valence-corrected chi connectivity index (χ2v) is 11.5. The largest absolute Gasteiger partial charge is 0.462 e. The summed E-state index contributed by atoms with van der Waals surface area (Å²) in [5.41, 5.74) is 0. The number of thioether (sulfide) groups is 1. The molecule has 0 spiro atoms. The molecule has 4 nitrogen and oxygen atoms in total. The van der Waals surface area contributed by atoms with Crippen LogP contribution >= 0.6 is 11.8 Å². The Morgan fingerprint density at radius 1 is 0.808 bits per heavy atom. The summed E-state index contributed by atoms with van der Waals surface area (Å²) in [7, 11) is 0. The van der Waals surface area contributed by atoms with Gasteiger partial charge in [-0.2, -0.15) is 0 Å². The van der Waals surface area contributed by atoms with Gasteiger partial charge in [0.05, 0.1) is 5.92 Å². The van der Waals surface area contributed by atoms with Crippen LogP contribution in [0.2, 0.25) is 0 Å². The van der Waals surface area contributed by atoms with Crippen molar-refractivity contribution in [2.45, 2.75) is 42.6 Å². The molecule has 2 saturated heterocycles. The zero-order chi connectivity index (χ0) is 17.1. The third-order valence-corrected chi connectivity index (χ3v) is 12.1. The van der Waals surface area contributed by atoms with Crippen LogP contribution in [0.3, 0.4) is 0 Å². The molecule has 8 fully saturated rings. The van der Waals surface area contributed by atoms with Gasteiger partial charge in [0, 0.05) is 11.8 Å². The Kier molecular flexibility index (Phi) is 2.21. The molecule has 26 heavy (non-hydrogen) atoms. The van der Waals surface area contributed by atoms with Crippen molar-refractivity contribution in [3.63, 3.8) is 0 Å². The Morgan fingerprint density at radius 3 is 2.35 bits per heavy atom. The highest BCUT2D eigenvalue weighted by molar-refractivity contribution is 8.00. The van der Waals surface area contributed by atoms with Gasteiger partial charge in [0.15, 0.2) is 0 Å². The van der Waals surface area contributed by atoms with Crippen LogP contribution in [0.15, 0.2) is 0 Å². The van der Waals surface area contributed by atoms with Crippen molar-refractivity contribution in [2.75, 3.05) is 6.26 Å². The molecule has 14 unspecified atom stereocenters. The fraction of sp³-hybridized carbons (Fsp3) is 0.905. The fourth-order valence-corrected chi connectivity index (χ4v) is 12.2. The van der Waals surface area contributed by atoms with E-state index in [1.807, 2.05) is 11.8 Å². The summed E-state index contributed by atoms with van der Waals surface area (Å²) in [6, 6.07) is 0. The average Bonchev–Trinajstić information content (AvgIpc) is 3.37. The maximum absolute atomic E-state index is 13.5. The quantitative estimate of drug-likeness (QED) is 0.662. The van der Waals surface area contributed by atoms with E-state index in [0.717, 1.165) is 25.7 Å². The second kappa shape index (κ2) is 4.01. The molecule has 6 saturated carbocycles. The van der Waals surface area contributed by atoms with Gasteiger partial charge in [0.25, 0.3) is 0 Å². The highest BCUT2D eigenvalue weighted by Gasteiger charge is 2.86. The van der Waals surface area contributed by atoms with Crippen molar-refractivity contribution in [1.29, 1.82) is 0 Å². The molecule has 0 bridgehead atoms. The van der Waals surface area contributed by atoms with Crippen molar-refractivity contribution in [1.82, 2.24) is 0 Å². The summed E-state index contributed by atoms with van der Waals surface area (Å²) in [6.07, 6.45) is 6.76. The van der Waals surface area contributed by atoms with Crippen LogP contribution in [-0.4, -0.2) is 35.1 Å². The zero-order valence-corrected chi connectivity index (χ0v) is 15.7. The smallest absolute Gasteiger partial charge is 0.323 e. The first-order valence-electron chi connectivity index (χ1n) is 10.6. The van der Waals surface area contributed by atoms with Crippen LogP contribution in [0.1, 0.15) is 25.7 Å². The predicted octanol–water partition coefficient (Wildman–Crippen LogP) is 2.36. The van der Waals surface area contributed by atoms with Gasteiger partial charge >= 0.3 is 11.9 Å². The monoisotopic (exact) mass is 372 g/mol. The molecule has 0 radical (unpaired) electrons. The number of esters is 2. The molecule has 14 atom stereocenters. The Labute approximate surface area is 157 Å². The molecule has 6 aliphatic carbocycles. The normalized spacial score (nSPS) is 69.8. The highest BCUT2D eigenvalue weighted by Crippen LogP contribution is 2.84. The molecule has 0 aromatic heterocycles. The molecule has 8 aliphatic rings. The van der Waals surface area contributed by atoms with Crippen LogP contribution < -0.4 is 0 Å². The van der Waals surface area contributed by atoms with E-state index in [9.17, 15) is 9.59 Å². The van der Waals surface area contributed by atoms with Gasteiger partial charge in [-0.05, 0) is 79.3 Å². The lowest BCUT2D eigenvalue weighted by atomic mass is 9.70. The van der Waals surface area contributed by atoms with E-state index in [4.69, 9.17) is 9.47 Å². The average molecular weight is 372 g/mol. The third kappa shape index (κ3) is 1.11. The number of ether oxygens (including phenoxy) is 2. The second-order valence-electron chi connectivity index (χ2n) is 10.4. The van der Waals surface area contributed by atoms with Crippen LogP contribution in [0.25, 0.3) is 0 Å². The summed E-state index contributed by atoms with van der Waals surface area (Å²) in [5.74, 6) is 5.67. The van der Waals surface area contributed by atoms with Crippen molar-refractivity contribution in [3.8, 4) is 0 Å². The van der Waals surface area contributed by atoms with Crippen LogP contribution in [0.4, 0.5) is 0 Å². The topological polar surface area (TPSA) is 52.6 Å². The molecule has 138 valence electrons. The Hall–Kier alpha value is -0.710. The van der Waals surface area contributed by atoms with Crippen LogP contribution in [-0.2, 0) is 19.1 Å². The number of carbonyl (C=O) groups is 2. The van der Waals surface area contributed by atoms with Crippen LogP contribution in [0.5, 0.6) is 0 Å². The first-order valence-corrected chi connectivity index (χ1v) is 11.9. The molecule has 5 heteroatoms. The van der Waals surface area contributed by atoms with E-state index in [-0.39, 0.29) is 34.8 Å². The van der Waals surface area contributed by atoms with Crippen molar-refractivity contribution in [2.24, 2.45) is 65.1 Å². The van der Waals surface area contributed by atoms with Gasteiger partial charge in [-0.1, -0.05) is 0 Å². The van der Waals surface area contributed by atoms with Gasteiger partial charge in [0.2, 0.25) is 0 Å². The number of fused-ring (bicyclic) bond motifs is 4. The molecule has 0 aromatic carbocycles. The van der Waals surface area contributed by atoms with Gasteiger partial charge < -0.3 is 9.47 Å². The van der Waals surface area contributed by atoms with E-state index in [0.29, 0.717) is 59.2 Å². The molecular weight excluding hydrogens is 348 g/mol. The van der Waals surface area contributed by atoms with Crippen LogP contribution in [0, 0.1) is 65.1 Å². The third-order valence-electron chi connectivity index (χ3n) is 10.7. The van der Waals surface area contributed by atoms with Gasteiger partial charge in [-0.25, -0.2) is 0 Å². The van der Waals surface area contributed by atoms with Gasteiger partial charge in [0.1, 0.15) is 17.0 Å². The lowest BCUT2D eigenvalue weighted by Gasteiger charge is -2.47. The summed E-state index contributed by atoms with van der Waals surface area (Å²) in [5, 5.41) is 0. The first-order chi connectivity index (χ1) is 12.7. The van der Waals surface area contributed by atoms with Crippen molar-refractivity contribution in [3.05, 3.63) is 0 Å². The predicted molar refractivity (Wildman–Crippen MR) is 92.9 cm³/mol. The minimum Gasteiger partial charge on any atom is -0.462 e. The summed E-state index contributed by atoms with van der Waals surface area (Å²) in [6.45, 7) is 0. The lowest BCUT2D eigenvalue weighted by Crippen LogP contribution is -2.56. The Bertz CT molecular complexity index is 782. The van der Waals surface area contributed by atoms with E-state index >= 15 is 0 Å². The molecule has 0 N–H and O–H groups in total. The number of carbonyl (C=O) groups excluding carboxylic acids is 2. The fourth-order valence-electron chi connectivity index (χ4n) is 10.8. The Morgan fingerprint density at radius 2 is 1.54 bits per heavy atom. The molecule has 0 amide bonds. The van der Waals surface area contributed by atoms with E-state index < -0.39 is 0 Å². The summed E-state index contributed by atoms with van der Waals surface area (Å²) in [4.78, 5) is 26.6. The molecule has 8 rings (SSSR count). The van der Waals surface area contributed by atoms with Crippen molar-refractivity contribution >= 4 is 23.7 Å². The van der Waals surface area contributed by atoms with E-state index in [2.05, 4.69) is 6.26 Å². The maximum Gasteiger partial charge on any atom is 0.323 e. The number of hydrogen-bond acceptors (Lipinski definition) is 5. The first kappa shape index (κ1) is 14.3. The van der Waals surface area contributed by atoms with Gasteiger partial charge in [-0.15, -0.1) is 11.8 Å². The van der Waals surface area contributed by atoms with Crippen molar-refractivity contribution < 1.29 is 19.1 Å². The van der Waals surface area contributed by atoms with E-state index in [1.54, 1.807) is 0 Å². The molecule has 2 aliphatic heterocycles. The zero-order valence-electron chi connectivity index (χ0n) is 14.9. The SMILES string of the molecule is CSC12C(=O)OC3CCC4C5C6C(=O)OC7CCC8C7C6C(C5C1C34)C82.